The number of halogens is 2. The zero-order chi connectivity index (χ0) is 28.8. The molecule has 7 heteroatoms. The Balaban J connectivity index is 1.82. The minimum atomic E-state index is -0.532. The molecule has 0 heterocycles. The molecular formula is C32H36Cl2N2O3. The highest BCUT2D eigenvalue weighted by Crippen LogP contribution is 2.38. The molecule has 0 spiro atoms. The Morgan fingerprint density at radius 2 is 2.03 bits per heavy atom. The quantitative estimate of drug-likeness (QED) is 0.285. The van der Waals surface area contributed by atoms with Gasteiger partial charge in [-0.2, -0.15) is 5.26 Å². The second-order valence-electron chi connectivity index (χ2n) is 11.4. The van der Waals surface area contributed by atoms with Gasteiger partial charge in [-0.15, -0.1) is 5.73 Å². The Morgan fingerprint density at radius 1 is 1.28 bits per heavy atom. The van der Waals surface area contributed by atoms with E-state index in [1.807, 2.05) is 33.8 Å². The summed E-state index contributed by atoms with van der Waals surface area (Å²) in [5.74, 6) is -0.185. The van der Waals surface area contributed by atoms with Gasteiger partial charge in [0.15, 0.2) is 5.78 Å². The maximum absolute atomic E-state index is 13.5. The van der Waals surface area contributed by atoms with Crippen molar-refractivity contribution in [3.63, 3.8) is 0 Å². The van der Waals surface area contributed by atoms with E-state index in [0.717, 1.165) is 36.8 Å². The summed E-state index contributed by atoms with van der Waals surface area (Å²) in [4.78, 5) is 25.7. The van der Waals surface area contributed by atoms with Gasteiger partial charge in [-0.05, 0) is 76.5 Å². The van der Waals surface area contributed by atoms with Gasteiger partial charge >= 0.3 is 6.09 Å². The normalized spacial score (nSPS) is 23.2. The number of nitrogens with zero attached hydrogens (tertiary/aromatic N) is 1. The van der Waals surface area contributed by atoms with Crippen LogP contribution in [0.5, 0.6) is 0 Å². The first kappa shape index (κ1) is 30.5. The van der Waals surface area contributed by atoms with Crippen LogP contribution in [0.25, 0.3) is 5.57 Å². The Bertz CT molecular complexity index is 1350. The van der Waals surface area contributed by atoms with E-state index in [1.165, 1.54) is 5.57 Å². The first-order valence-corrected chi connectivity index (χ1v) is 14.0. The third-order valence-corrected chi connectivity index (χ3v) is 7.88. The Kier molecular flexibility index (Phi) is 10.1. The first-order chi connectivity index (χ1) is 18.4. The number of allylic oxidation sites excluding steroid dienone is 7. The molecule has 0 fully saturated rings. The minimum Gasteiger partial charge on any atom is -0.444 e. The van der Waals surface area contributed by atoms with Gasteiger partial charge in [0.1, 0.15) is 11.7 Å². The van der Waals surface area contributed by atoms with Gasteiger partial charge in [0.05, 0.1) is 15.6 Å². The monoisotopic (exact) mass is 566 g/mol. The number of Topliss-reactive ketones (excluding diaryl/α,β-unsaturated/α-hetero) is 1. The van der Waals surface area contributed by atoms with Gasteiger partial charge in [0.2, 0.25) is 0 Å². The Labute approximate surface area is 241 Å². The maximum Gasteiger partial charge on any atom is 0.407 e. The van der Waals surface area contributed by atoms with Gasteiger partial charge in [0.25, 0.3) is 0 Å². The van der Waals surface area contributed by atoms with Crippen LogP contribution in [0, 0.1) is 16.7 Å². The van der Waals surface area contributed by atoms with Crippen LogP contribution >= 0.6 is 23.2 Å². The van der Waals surface area contributed by atoms with Crippen LogP contribution in [0.1, 0.15) is 78.7 Å². The number of alkyl carbamates (subject to hydrolysis) is 1. The number of carbonyl (C=O) groups is 2. The molecule has 5 nitrogen and oxygen atoms in total. The molecule has 39 heavy (non-hydrogen) atoms. The molecule has 1 aromatic rings. The van der Waals surface area contributed by atoms with Crippen LogP contribution in [0.15, 0.2) is 64.5 Å². The highest BCUT2D eigenvalue weighted by Gasteiger charge is 2.29. The summed E-state index contributed by atoms with van der Waals surface area (Å²) in [6, 6.07) is 7.23. The number of carbonyl (C=O) groups excluding carboxylic acids is 2. The SMILES string of the molecule is C/C=C1/CC(=O)/C(c2cccc(Cl)c2Cl)=C(/C#N)C=C=C1CC1=CCCC(C)(CNC(=O)OC(C)(C)C)CC1. The topological polar surface area (TPSA) is 79.2 Å². The predicted octanol–water partition coefficient (Wildman–Crippen LogP) is 8.69. The Morgan fingerprint density at radius 3 is 2.69 bits per heavy atom. The van der Waals surface area contributed by atoms with Crippen molar-refractivity contribution >= 4 is 40.7 Å². The lowest BCUT2D eigenvalue weighted by atomic mass is 9.81. The molecule has 1 unspecified atom stereocenters. The maximum atomic E-state index is 13.5. The summed E-state index contributed by atoms with van der Waals surface area (Å²) >= 11 is 12.6. The zero-order valence-corrected chi connectivity index (χ0v) is 24.9. The molecule has 0 radical (unpaired) electrons. The molecule has 1 aromatic carbocycles. The summed E-state index contributed by atoms with van der Waals surface area (Å²) in [6.07, 6.45) is 9.80. The summed E-state index contributed by atoms with van der Waals surface area (Å²) < 4.78 is 5.40. The van der Waals surface area contributed by atoms with Crippen molar-refractivity contribution in [3.05, 3.63) is 80.1 Å². The zero-order valence-electron chi connectivity index (χ0n) is 23.3. The fourth-order valence-electron chi connectivity index (χ4n) is 4.84. The van der Waals surface area contributed by atoms with E-state index in [2.05, 4.69) is 30.1 Å². The first-order valence-electron chi connectivity index (χ1n) is 13.2. The van der Waals surface area contributed by atoms with Gasteiger partial charge < -0.3 is 10.1 Å². The molecular weight excluding hydrogens is 531 g/mol. The van der Waals surface area contributed by atoms with Crippen LogP contribution in [0.2, 0.25) is 10.0 Å². The summed E-state index contributed by atoms with van der Waals surface area (Å²) in [6.45, 7) is 10.2. The van der Waals surface area contributed by atoms with Crippen molar-refractivity contribution in [1.82, 2.24) is 5.32 Å². The molecule has 0 saturated heterocycles. The molecule has 3 rings (SSSR count). The fraction of sp³-hybridized carbons (Fsp3) is 0.438. The average Bonchev–Trinajstić information content (AvgIpc) is 3.04. The summed E-state index contributed by atoms with van der Waals surface area (Å²) in [7, 11) is 0. The summed E-state index contributed by atoms with van der Waals surface area (Å²) in [5.41, 5.74) is 6.71. The average molecular weight is 568 g/mol. The molecule has 0 bridgehead atoms. The van der Waals surface area contributed by atoms with E-state index >= 15 is 0 Å². The number of amides is 1. The van der Waals surface area contributed by atoms with Crippen molar-refractivity contribution in [3.8, 4) is 6.07 Å². The largest absolute Gasteiger partial charge is 0.444 e. The van der Waals surface area contributed by atoms with Crippen molar-refractivity contribution in [2.24, 2.45) is 5.41 Å². The van der Waals surface area contributed by atoms with Crippen LogP contribution < -0.4 is 5.32 Å². The molecule has 2 aliphatic rings. The van der Waals surface area contributed by atoms with Gasteiger partial charge in [-0.3, -0.25) is 4.79 Å². The molecule has 1 N–H and O–H groups in total. The lowest BCUT2D eigenvalue weighted by Gasteiger charge is -2.29. The predicted molar refractivity (Wildman–Crippen MR) is 157 cm³/mol. The van der Waals surface area contributed by atoms with E-state index in [1.54, 1.807) is 24.3 Å². The highest BCUT2D eigenvalue weighted by atomic mass is 35.5. The van der Waals surface area contributed by atoms with E-state index in [4.69, 9.17) is 27.9 Å². The molecule has 206 valence electrons. The number of ketones is 1. The number of rotatable bonds is 5. The van der Waals surface area contributed by atoms with Crippen LogP contribution in [0.4, 0.5) is 4.79 Å². The van der Waals surface area contributed by atoms with Crippen molar-refractivity contribution in [2.75, 3.05) is 6.54 Å². The van der Waals surface area contributed by atoms with E-state index in [0.29, 0.717) is 23.6 Å². The standard InChI is InChI=1S/C32H36Cl2N2O3/c1-6-22-18-27(37)28(25-10-7-11-26(33)29(25)34)24(19-35)13-12-23(22)17-21-9-8-15-32(5,16-14-21)20-36-30(38)39-31(2,3)4/h6-7,9-11,13H,8,14-18,20H2,1-5H3,(H,36,38)/b22-6-,28-24+. The summed E-state index contributed by atoms with van der Waals surface area (Å²) in [5, 5.41) is 13.4. The minimum absolute atomic E-state index is 0.0540. The van der Waals surface area contributed by atoms with Crippen molar-refractivity contribution in [2.45, 2.75) is 78.7 Å². The van der Waals surface area contributed by atoms with Crippen LogP contribution in [0.3, 0.4) is 0 Å². The second kappa shape index (κ2) is 12.9. The van der Waals surface area contributed by atoms with Gasteiger partial charge in [-0.25, -0.2) is 4.79 Å². The number of ether oxygens (including phenoxy) is 1. The Hall–Kier alpha value is -3.03. The van der Waals surface area contributed by atoms with Crippen molar-refractivity contribution in [1.29, 1.82) is 5.26 Å². The number of hydrogen-bond donors (Lipinski definition) is 1. The van der Waals surface area contributed by atoms with Crippen LogP contribution in [-0.4, -0.2) is 24.0 Å². The smallest absolute Gasteiger partial charge is 0.407 e. The molecule has 0 saturated carbocycles. The molecule has 0 aliphatic heterocycles. The number of benzene rings is 1. The lowest BCUT2D eigenvalue weighted by molar-refractivity contribution is -0.113. The van der Waals surface area contributed by atoms with Crippen molar-refractivity contribution < 1.29 is 14.3 Å². The van der Waals surface area contributed by atoms with Gasteiger partial charge in [-0.1, -0.05) is 60.0 Å². The molecule has 1 atom stereocenters. The number of hydrogen-bond acceptors (Lipinski definition) is 4. The third kappa shape index (κ3) is 8.23. The third-order valence-electron chi connectivity index (χ3n) is 7.06. The van der Waals surface area contributed by atoms with Crippen LogP contribution in [-0.2, 0) is 9.53 Å². The molecule has 1 amide bonds. The van der Waals surface area contributed by atoms with Gasteiger partial charge in [0, 0.05) is 36.1 Å². The highest BCUT2D eigenvalue weighted by molar-refractivity contribution is 6.44. The number of nitriles is 1. The van der Waals surface area contributed by atoms with E-state index in [9.17, 15) is 14.9 Å². The number of nitrogens with one attached hydrogen (secondary N) is 1. The lowest BCUT2D eigenvalue weighted by Crippen LogP contribution is -2.39. The van der Waals surface area contributed by atoms with E-state index in [-0.39, 0.29) is 33.8 Å². The second-order valence-corrected chi connectivity index (χ2v) is 12.2. The fourth-order valence-corrected chi connectivity index (χ4v) is 5.24. The molecule has 2 aliphatic carbocycles. The molecule has 0 aromatic heterocycles. The van der Waals surface area contributed by atoms with E-state index < -0.39 is 11.7 Å².